The van der Waals surface area contributed by atoms with Crippen LogP contribution in [-0.4, -0.2) is 65.7 Å². The Bertz CT molecular complexity index is 1160. The van der Waals surface area contributed by atoms with Crippen molar-refractivity contribution < 1.29 is 47.8 Å². The summed E-state index contributed by atoms with van der Waals surface area (Å²) in [7, 11) is -4.64. The lowest BCUT2D eigenvalue weighted by molar-refractivity contribution is -0.153. The second-order valence-corrected chi connectivity index (χ2v) is 20.7. The van der Waals surface area contributed by atoms with E-state index in [0.29, 0.717) is 12.8 Å². The third kappa shape index (κ3) is 50.6. The zero-order valence-corrected chi connectivity index (χ0v) is 44.5. The molecule has 0 aliphatic heterocycles. The molecule has 3 unspecified atom stereocenters. The summed E-state index contributed by atoms with van der Waals surface area (Å²) in [6.07, 6.45) is 57.3. The van der Waals surface area contributed by atoms with Crippen LogP contribution in [0.3, 0.4) is 0 Å². The van der Waals surface area contributed by atoms with Gasteiger partial charge in [0.2, 0.25) is 0 Å². The van der Waals surface area contributed by atoms with E-state index in [-0.39, 0.29) is 12.8 Å². The minimum Gasteiger partial charge on any atom is -0.457 e. The first-order chi connectivity index (χ1) is 32.8. The predicted octanol–water partition coefficient (Wildman–Crippen LogP) is 16.5. The highest BCUT2D eigenvalue weighted by atomic mass is 31.2. The molecular weight excluding hydrogens is 864 g/mol. The van der Waals surface area contributed by atoms with Gasteiger partial charge in [-0.1, -0.05) is 250 Å². The zero-order valence-electron chi connectivity index (χ0n) is 43.6. The van der Waals surface area contributed by atoms with Gasteiger partial charge in [-0.3, -0.25) is 18.6 Å². The van der Waals surface area contributed by atoms with Crippen LogP contribution < -0.4 is 0 Å². The summed E-state index contributed by atoms with van der Waals surface area (Å²) in [5.41, 5.74) is 0. The van der Waals surface area contributed by atoms with E-state index in [0.717, 1.165) is 51.4 Å². The fourth-order valence-corrected chi connectivity index (χ4v) is 9.11. The summed E-state index contributed by atoms with van der Waals surface area (Å²) >= 11 is 0. The number of aliphatic hydroxyl groups is 2. The smallest absolute Gasteiger partial charge is 0.457 e. The number of unbranched alkanes of at least 4 members (excludes halogenated alkanes) is 36. The van der Waals surface area contributed by atoms with Gasteiger partial charge in [-0.2, -0.15) is 0 Å². The third-order valence-corrected chi connectivity index (χ3v) is 13.6. The third-order valence-electron chi connectivity index (χ3n) is 12.7. The number of allylic oxidation sites excluding steroid dienone is 4. The molecule has 0 saturated heterocycles. The molecule has 0 aliphatic rings. The Labute approximate surface area is 412 Å². The second kappa shape index (κ2) is 52.3. The van der Waals surface area contributed by atoms with Crippen molar-refractivity contribution in [1.29, 1.82) is 0 Å². The molecule has 0 aromatic rings. The van der Waals surface area contributed by atoms with Crippen LogP contribution in [0.5, 0.6) is 0 Å². The Morgan fingerprint density at radius 3 is 0.925 bits per heavy atom. The highest BCUT2D eigenvalue weighted by molar-refractivity contribution is 7.47. The maximum Gasteiger partial charge on any atom is 0.472 e. The largest absolute Gasteiger partial charge is 0.472 e. The Hall–Kier alpha value is -1.55. The van der Waals surface area contributed by atoms with Crippen molar-refractivity contribution in [2.24, 2.45) is 0 Å². The number of rotatable bonds is 54. The highest BCUT2D eigenvalue weighted by Crippen LogP contribution is 2.43. The lowest BCUT2D eigenvalue weighted by atomic mass is 10.0. The fourth-order valence-electron chi connectivity index (χ4n) is 8.33. The first kappa shape index (κ1) is 65.5. The maximum absolute atomic E-state index is 12.4. The predicted molar refractivity (Wildman–Crippen MR) is 279 cm³/mol. The topological polar surface area (TPSA) is 149 Å². The SMILES string of the molecule is CCCCCCC/C=C\C/C=C\CCCCCCCCCCCC(=O)OC(CO)COP(=O)(O)OCC(CO)OC(=O)CCCCCCCCCCCCCCCCCCCCCCCCC. The maximum atomic E-state index is 12.4. The van der Waals surface area contributed by atoms with Crippen LogP contribution in [-0.2, 0) is 32.7 Å². The number of aliphatic hydroxyl groups excluding tert-OH is 2. The summed E-state index contributed by atoms with van der Waals surface area (Å²) in [5.74, 6) is -1.01. The Morgan fingerprint density at radius 2 is 0.657 bits per heavy atom. The number of carbonyl (C=O) groups is 2. The van der Waals surface area contributed by atoms with Crippen LogP contribution in [0.15, 0.2) is 24.3 Å². The van der Waals surface area contributed by atoms with E-state index in [1.54, 1.807) is 0 Å². The highest BCUT2D eigenvalue weighted by Gasteiger charge is 2.27. The molecule has 0 rings (SSSR count). The number of hydrogen-bond acceptors (Lipinski definition) is 9. The van der Waals surface area contributed by atoms with Crippen molar-refractivity contribution in [3.63, 3.8) is 0 Å². The van der Waals surface area contributed by atoms with Crippen molar-refractivity contribution in [1.82, 2.24) is 0 Å². The van der Waals surface area contributed by atoms with Gasteiger partial charge in [0.15, 0.2) is 0 Å². The quantitative estimate of drug-likeness (QED) is 0.0233. The molecule has 3 atom stereocenters. The van der Waals surface area contributed by atoms with Crippen molar-refractivity contribution >= 4 is 19.8 Å². The number of carbonyl (C=O) groups excluding carboxylic acids is 2. The molecule has 11 heteroatoms. The van der Waals surface area contributed by atoms with Gasteiger partial charge in [0, 0.05) is 12.8 Å². The van der Waals surface area contributed by atoms with Gasteiger partial charge in [-0.15, -0.1) is 0 Å². The van der Waals surface area contributed by atoms with Crippen molar-refractivity contribution in [3.05, 3.63) is 24.3 Å². The van der Waals surface area contributed by atoms with E-state index in [9.17, 15) is 29.3 Å². The van der Waals surface area contributed by atoms with Gasteiger partial charge in [0.05, 0.1) is 26.4 Å². The molecule has 67 heavy (non-hydrogen) atoms. The number of phosphoric ester groups is 1. The van der Waals surface area contributed by atoms with E-state index in [1.807, 2.05) is 0 Å². The van der Waals surface area contributed by atoms with Crippen LogP contribution in [0.4, 0.5) is 0 Å². The molecule has 0 bridgehead atoms. The monoisotopic (exact) mass is 971 g/mol. The van der Waals surface area contributed by atoms with Crippen molar-refractivity contribution in [2.45, 2.75) is 296 Å². The van der Waals surface area contributed by atoms with Gasteiger partial charge in [0.1, 0.15) is 12.2 Å². The Morgan fingerprint density at radius 1 is 0.403 bits per heavy atom. The standard InChI is InChI=1S/C56H107O10P/c1-3-5-7-9-11-13-15-17-19-21-23-25-26-28-30-32-34-36-38-40-42-44-46-48-56(60)66-54(50-58)52-64-67(61,62)63-51-53(49-57)65-55(59)47-45-43-41-39-37-35-33-31-29-27-24-22-20-18-16-14-12-10-8-6-4-2/h16,18,22,24,53-54,57-58H,3-15,17,19-21,23,25-52H2,1-2H3,(H,61,62)/b18-16-,24-22-. The van der Waals surface area contributed by atoms with Crippen LogP contribution in [0, 0.1) is 0 Å². The molecule has 0 spiro atoms. The van der Waals surface area contributed by atoms with E-state index < -0.39 is 58.4 Å². The minimum atomic E-state index is -4.64. The van der Waals surface area contributed by atoms with E-state index in [4.69, 9.17) is 18.5 Å². The Kier molecular flexibility index (Phi) is 51.1. The summed E-state index contributed by atoms with van der Waals surface area (Å²) in [4.78, 5) is 34.8. The molecule has 0 heterocycles. The summed E-state index contributed by atoms with van der Waals surface area (Å²) in [5, 5.41) is 19.3. The van der Waals surface area contributed by atoms with Crippen LogP contribution in [0.1, 0.15) is 284 Å². The molecule has 0 saturated carbocycles. The number of hydrogen-bond donors (Lipinski definition) is 3. The molecule has 10 nitrogen and oxygen atoms in total. The van der Waals surface area contributed by atoms with E-state index in [1.165, 1.54) is 193 Å². The molecular formula is C56H107O10P. The van der Waals surface area contributed by atoms with Crippen molar-refractivity contribution in [2.75, 3.05) is 26.4 Å². The van der Waals surface area contributed by atoms with Gasteiger partial charge in [-0.05, 0) is 44.9 Å². The summed E-state index contributed by atoms with van der Waals surface area (Å²) < 4.78 is 32.8. The first-order valence-electron chi connectivity index (χ1n) is 28.3. The van der Waals surface area contributed by atoms with E-state index in [2.05, 4.69) is 38.2 Å². The van der Waals surface area contributed by atoms with Crippen molar-refractivity contribution in [3.8, 4) is 0 Å². The number of esters is 2. The minimum absolute atomic E-state index is 0.190. The molecule has 0 fully saturated rings. The van der Waals surface area contributed by atoms with Gasteiger partial charge < -0.3 is 24.6 Å². The van der Waals surface area contributed by atoms with Gasteiger partial charge in [-0.25, -0.2) is 4.57 Å². The number of ether oxygens (including phenoxy) is 2. The van der Waals surface area contributed by atoms with Crippen LogP contribution in [0.25, 0.3) is 0 Å². The average Bonchev–Trinajstić information content (AvgIpc) is 3.32. The molecule has 0 aromatic carbocycles. The van der Waals surface area contributed by atoms with Gasteiger partial charge >= 0.3 is 19.8 Å². The molecule has 3 N–H and O–H groups in total. The molecule has 0 aromatic heterocycles. The number of phosphoric acid groups is 1. The zero-order chi connectivity index (χ0) is 49.0. The average molecular weight is 971 g/mol. The van der Waals surface area contributed by atoms with E-state index >= 15 is 0 Å². The normalized spacial score (nSPS) is 13.7. The van der Waals surface area contributed by atoms with Crippen LogP contribution >= 0.6 is 7.82 Å². The summed E-state index contributed by atoms with van der Waals surface area (Å²) in [6.45, 7) is 2.26. The lowest BCUT2D eigenvalue weighted by Crippen LogP contribution is -2.28. The fraction of sp³-hybridized carbons (Fsp3) is 0.893. The molecule has 0 amide bonds. The Balaban J connectivity index is 3.77. The second-order valence-electron chi connectivity index (χ2n) is 19.3. The molecule has 396 valence electrons. The lowest BCUT2D eigenvalue weighted by Gasteiger charge is -2.20. The van der Waals surface area contributed by atoms with Gasteiger partial charge in [0.25, 0.3) is 0 Å². The molecule has 0 aliphatic carbocycles. The first-order valence-corrected chi connectivity index (χ1v) is 29.8. The van der Waals surface area contributed by atoms with Crippen LogP contribution in [0.2, 0.25) is 0 Å². The molecule has 0 radical (unpaired) electrons. The summed E-state index contributed by atoms with van der Waals surface area (Å²) in [6, 6.07) is 0.